The predicted molar refractivity (Wildman–Crippen MR) is 85.3 cm³/mol. The number of carbonyl (C=O) groups is 1. The Morgan fingerprint density at radius 2 is 2.14 bits per heavy atom. The quantitative estimate of drug-likeness (QED) is 0.840. The highest BCUT2D eigenvalue weighted by Crippen LogP contribution is 2.23. The molecule has 3 N–H and O–H groups in total. The summed E-state index contributed by atoms with van der Waals surface area (Å²) in [6, 6.07) is 7.81. The number of nitrogen functional groups attached to an aromatic ring is 1. The number of nitrogens with zero attached hydrogens (tertiary/aromatic N) is 1. The van der Waals surface area contributed by atoms with Crippen LogP contribution in [0, 0.1) is 0 Å². The zero-order valence-corrected chi connectivity index (χ0v) is 13.1. The molecule has 0 aromatic heterocycles. The Labute approximate surface area is 126 Å². The molecule has 1 saturated heterocycles. The summed E-state index contributed by atoms with van der Waals surface area (Å²) in [6.45, 7) is 7.11. The maximum absolute atomic E-state index is 12.2. The van der Waals surface area contributed by atoms with Gasteiger partial charge in [0.25, 0.3) is 0 Å². The third-order valence-corrected chi connectivity index (χ3v) is 3.49. The lowest BCUT2D eigenvalue weighted by molar-refractivity contribution is 0.0235. The Balaban J connectivity index is 1.93. The molecule has 0 bridgehead atoms. The minimum atomic E-state index is -0.457. The molecule has 1 atom stereocenters. The van der Waals surface area contributed by atoms with Crippen LogP contribution >= 0.6 is 0 Å². The van der Waals surface area contributed by atoms with E-state index < -0.39 is 5.60 Å². The van der Waals surface area contributed by atoms with Crippen molar-refractivity contribution in [2.75, 3.05) is 24.1 Å². The van der Waals surface area contributed by atoms with Crippen molar-refractivity contribution in [1.82, 2.24) is 4.90 Å². The molecule has 5 heteroatoms. The lowest BCUT2D eigenvalue weighted by Crippen LogP contribution is -2.42. The van der Waals surface area contributed by atoms with Gasteiger partial charge in [0.05, 0.1) is 17.4 Å². The van der Waals surface area contributed by atoms with Gasteiger partial charge >= 0.3 is 6.09 Å². The number of benzene rings is 1. The van der Waals surface area contributed by atoms with Gasteiger partial charge in [-0.25, -0.2) is 4.79 Å². The second-order valence-corrected chi connectivity index (χ2v) is 6.44. The van der Waals surface area contributed by atoms with Crippen molar-refractivity contribution in [3.8, 4) is 0 Å². The number of rotatable bonds is 3. The largest absolute Gasteiger partial charge is 0.444 e. The van der Waals surface area contributed by atoms with Crippen LogP contribution in [0.2, 0.25) is 0 Å². The van der Waals surface area contributed by atoms with Gasteiger partial charge in [-0.1, -0.05) is 12.1 Å². The van der Waals surface area contributed by atoms with Gasteiger partial charge in [0, 0.05) is 13.1 Å². The molecular weight excluding hydrogens is 266 g/mol. The third kappa shape index (κ3) is 4.28. The minimum absolute atomic E-state index is 0.152. The molecule has 0 radical (unpaired) electrons. The highest BCUT2D eigenvalue weighted by atomic mass is 16.6. The molecule has 2 rings (SSSR count). The van der Waals surface area contributed by atoms with E-state index in [-0.39, 0.29) is 12.1 Å². The lowest BCUT2D eigenvalue weighted by Gasteiger charge is -2.29. The number of amides is 1. The van der Waals surface area contributed by atoms with Crippen LogP contribution in [0.25, 0.3) is 0 Å². The van der Waals surface area contributed by atoms with Crippen LogP contribution in [0.3, 0.4) is 0 Å². The highest BCUT2D eigenvalue weighted by molar-refractivity contribution is 5.69. The summed E-state index contributed by atoms with van der Waals surface area (Å²) in [5, 5.41) is 3.33. The standard InChI is InChI=1S/C16H25N3O2/c1-16(2,3)21-15(20)19-10-6-7-12(19)11-18-14-9-5-4-8-13(14)17/h4-5,8-9,12,18H,6-7,10-11,17H2,1-3H3. The molecule has 1 amide bonds. The normalized spacial score (nSPS) is 18.6. The summed E-state index contributed by atoms with van der Waals surface area (Å²) < 4.78 is 5.46. The molecule has 1 aliphatic rings. The first kappa shape index (κ1) is 15.5. The summed E-state index contributed by atoms with van der Waals surface area (Å²) in [5.41, 5.74) is 7.09. The number of carbonyl (C=O) groups excluding carboxylic acids is 1. The topological polar surface area (TPSA) is 67.6 Å². The van der Waals surface area contributed by atoms with Gasteiger partial charge in [0.15, 0.2) is 0 Å². The van der Waals surface area contributed by atoms with Gasteiger partial charge in [0.1, 0.15) is 5.60 Å². The van der Waals surface area contributed by atoms with E-state index in [1.165, 1.54) is 0 Å². The average molecular weight is 291 g/mol. The summed E-state index contributed by atoms with van der Waals surface area (Å²) in [7, 11) is 0. The number of hydrogen-bond acceptors (Lipinski definition) is 4. The first-order valence-electron chi connectivity index (χ1n) is 7.45. The van der Waals surface area contributed by atoms with E-state index in [0.29, 0.717) is 6.54 Å². The van der Waals surface area contributed by atoms with Crippen LogP contribution in [-0.4, -0.2) is 35.7 Å². The van der Waals surface area contributed by atoms with Crippen molar-refractivity contribution in [1.29, 1.82) is 0 Å². The fourth-order valence-corrected chi connectivity index (χ4v) is 2.49. The van der Waals surface area contributed by atoms with Crippen LogP contribution in [0.4, 0.5) is 16.2 Å². The van der Waals surface area contributed by atoms with Gasteiger partial charge in [-0.05, 0) is 45.7 Å². The summed E-state index contributed by atoms with van der Waals surface area (Å²) in [6.07, 6.45) is 1.77. The van der Waals surface area contributed by atoms with Crippen LogP contribution in [-0.2, 0) is 4.74 Å². The van der Waals surface area contributed by atoms with Crippen molar-refractivity contribution in [2.24, 2.45) is 0 Å². The van der Waals surface area contributed by atoms with E-state index in [0.717, 1.165) is 30.8 Å². The minimum Gasteiger partial charge on any atom is -0.444 e. The SMILES string of the molecule is CC(C)(C)OC(=O)N1CCCC1CNc1ccccc1N. The summed E-state index contributed by atoms with van der Waals surface area (Å²) in [5.74, 6) is 0. The van der Waals surface area contributed by atoms with Gasteiger partial charge in [-0.2, -0.15) is 0 Å². The Morgan fingerprint density at radius 1 is 1.43 bits per heavy atom. The van der Waals surface area contributed by atoms with Gasteiger partial charge < -0.3 is 20.7 Å². The number of hydrogen-bond donors (Lipinski definition) is 2. The van der Waals surface area contributed by atoms with Crippen molar-refractivity contribution in [3.05, 3.63) is 24.3 Å². The van der Waals surface area contributed by atoms with Crippen LogP contribution in [0.15, 0.2) is 24.3 Å². The maximum Gasteiger partial charge on any atom is 0.410 e. The number of ether oxygens (including phenoxy) is 1. The zero-order valence-electron chi connectivity index (χ0n) is 13.1. The fourth-order valence-electron chi connectivity index (χ4n) is 2.49. The van der Waals surface area contributed by atoms with Crippen molar-refractivity contribution in [2.45, 2.75) is 45.3 Å². The van der Waals surface area contributed by atoms with E-state index in [2.05, 4.69) is 5.32 Å². The Hall–Kier alpha value is -1.91. The Kier molecular flexibility index (Phi) is 4.60. The van der Waals surface area contributed by atoms with Crippen LogP contribution < -0.4 is 11.1 Å². The molecule has 0 aliphatic carbocycles. The van der Waals surface area contributed by atoms with Gasteiger partial charge in [0.2, 0.25) is 0 Å². The number of nitrogens with two attached hydrogens (primary N) is 1. The van der Waals surface area contributed by atoms with E-state index in [1.807, 2.05) is 49.9 Å². The first-order valence-corrected chi connectivity index (χ1v) is 7.45. The summed E-state index contributed by atoms with van der Waals surface area (Å²) in [4.78, 5) is 14.0. The number of likely N-dealkylation sites (tertiary alicyclic amines) is 1. The molecular formula is C16H25N3O2. The van der Waals surface area contributed by atoms with Crippen molar-refractivity contribution in [3.63, 3.8) is 0 Å². The van der Waals surface area contributed by atoms with E-state index >= 15 is 0 Å². The smallest absolute Gasteiger partial charge is 0.410 e. The molecule has 21 heavy (non-hydrogen) atoms. The van der Waals surface area contributed by atoms with Crippen molar-refractivity contribution < 1.29 is 9.53 Å². The highest BCUT2D eigenvalue weighted by Gasteiger charge is 2.31. The Morgan fingerprint density at radius 3 is 2.81 bits per heavy atom. The second kappa shape index (κ2) is 6.24. The molecule has 1 heterocycles. The first-order chi connectivity index (χ1) is 9.87. The molecule has 1 aromatic rings. The molecule has 1 unspecified atom stereocenters. The van der Waals surface area contributed by atoms with Crippen LogP contribution in [0.1, 0.15) is 33.6 Å². The van der Waals surface area contributed by atoms with Gasteiger partial charge in [-0.3, -0.25) is 0 Å². The molecule has 0 spiro atoms. The number of anilines is 2. The van der Waals surface area contributed by atoms with Gasteiger partial charge in [-0.15, -0.1) is 0 Å². The number of para-hydroxylation sites is 2. The second-order valence-electron chi connectivity index (χ2n) is 6.44. The maximum atomic E-state index is 12.2. The zero-order chi connectivity index (χ0) is 15.5. The summed E-state index contributed by atoms with van der Waals surface area (Å²) >= 11 is 0. The molecule has 1 aliphatic heterocycles. The van der Waals surface area contributed by atoms with E-state index in [4.69, 9.17) is 10.5 Å². The third-order valence-electron chi connectivity index (χ3n) is 3.49. The van der Waals surface area contributed by atoms with E-state index in [9.17, 15) is 4.79 Å². The lowest BCUT2D eigenvalue weighted by atomic mass is 10.2. The average Bonchev–Trinajstić information content (AvgIpc) is 2.84. The Bertz CT molecular complexity index is 497. The molecule has 5 nitrogen and oxygen atoms in total. The molecule has 0 saturated carbocycles. The predicted octanol–water partition coefficient (Wildman–Crippen LogP) is 3.08. The number of nitrogens with one attached hydrogen (secondary N) is 1. The van der Waals surface area contributed by atoms with Crippen molar-refractivity contribution >= 4 is 17.5 Å². The monoisotopic (exact) mass is 291 g/mol. The molecule has 1 aromatic carbocycles. The van der Waals surface area contributed by atoms with E-state index in [1.54, 1.807) is 0 Å². The molecule has 116 valence electrons. The van der Waals surface area contributed by atoms with Crippen LogP contribution in [0.5, 0.6) is 0 Å². The fraction of sp³-hybridized carbons (Fsp3) is 0.562. The molecule has 1 fully saturated rings.